The molecule has 0 bridgehead atoms. The van der Waals surface area contributed by atoms with Crippen molar-refractivity contribution in [1.29, 1.82) is 0 Å². The fourth-order valence-electron chi connectivity index (χ4n) is 3.26. The van der Waals surface area contributed by atoms with Crippen LogP contribution in [0.4, 0.5) is 11.5 Å². The second-order valence-corrected chi connectivity index (χ2v) is 6.42. The summed E-state index contributed by atoms with van der Waals surface area (Å²) in [6, 6.07) is 21.8. The molecule has 1 aliphatic heterocycles. The zero-order valence-corrected chi connectivity index (χ0v) is 14.6. The van der Waals surface area contributed by atoms with Crippen LogP contribution in [0.2, 0.25) is 0 Å². The maximum atomic E-state index is 12.8. The number of para-hydroxylation sites is 1. The van der Waals surface area contributed by atoms with Crippen molar-refractivity contribution in [1.82, 2.24) is 10.2 Å². The van der Waals surface area contributed by atoms with E-state index in [4.69, 9.17) is 0 Å². The summed E-state index contributed by atoms with van der Waals surface area (Å²) in [5, 5.41) is 11.6. The van der Waals surface area contributed by atoms with Crippen LogP contribution in [0.15, 0.2) is 66.7 Å². The molecule has 2 aromatic carbocycles. The van der Waals surface area contributed by atoms with E-state index in [0.717, 1.165) is 12.1 Å². The number of amides is 1. The zero-order chi connectivity index (χ0) is 17.9. The molecule has 5 nitrogen and oxygen atoms in total. The monoisotopic (exact) mass is 344 g/mol. The number of nitrogens with one attached hydrogen (secondary N) is 1. The lowest BCUT2D eigenvalue weighted by Gasteiger charge is -2.17. The van der Waals surface area contributed by atoms with Gasteiger partial charge >= 0.3 is 0 Å². The molecule has 0 saturated heterocycles. The summed E-state index contributed by atoms with van der Waals surface area (Å²) in [4.78, 5) is 14.5. The van der Waals surface area contributed by atoms with Crippen molar-refractivity contribution in [2.24, 2.45) is 0 Å². The number of fused-ring (bicyclic) bond motifs is 1. The minimum Gasteiger partial charge on any atom is -0.362 e. The Morgan fingerprint density at radius 2 is 1.77 bits per heavy atom. The Morgan fingerprint density at radius 1 is 1.00 bits per heavy atom. The van der Waals surface area contributed by atoms with Gasteiger partial charge in [-0.2, -0.15) is 0 Å². The molecule has 0 saturated carbocycles. The predicted molar refractivity (Wildman–Crippen MR) is 102 cm³/mol. The molecule has 1 unspecified atom stereocenters. The first-order valence-electron chi connectivity index (χ1n) is 8.77. The van der Waals surface area contributed by atoms with Gasteiger partial charge < -0.3 is 10.2 Å². The molecule has 0 spiro atoms. The number of hydrogen-bond donors (Lipinski definition) is 1. The average molecular weight is 344 g/mol. The van der Waals surface area contributed by atoms with Crippen LogP contribution < -0.4 is 10.2 Å². The highest BCUT2D eigenvalue weighted by Gasteiger charge is 2.26. The molecule has 0 aliphatic carbocycles. The molecule has 1 atom stereocenters. The first-order valence-corrected chi connectivity index (χ1v) is 8.77. The van der Waals surface area contributed by atoms with Crippen molar-refractivity contribution in [2.75, 3.05) is 16.8 Å². The molecule has 26 heavy (non-hydrogen) atoms. The third-order valence-electron chi connectivity index (χ3n) is 4.68. The fourth-order valence-corrected chi connectivity index (χ4v) is 3.26. The lowest BCUT2D eigenvalue weighted by molar-refractivity contribution is 0.0983. The summed E-state index contributed by atoms with van der Waals surface area (Å²) in [6.07, 6.45) is 0.879. The third-order valence-corrected chi connectivity index (χ3v) is 4.68. The SMILES string of the molecule is CC(Nc1ccc(C(=O)N2CCc3ccccc32)nn1)c1ccccc1. The van der Waals surface area contributed by atoms with Gasteiger partial charge in [-0.05, 0) is 42.7 Å². The summed E-state index contributed by atoms with van der Waals surface area (Å²) in [7, 11) is 0. The normalized spacial score (nSPS) is 14.0. The lowest BCUT2D eigenvalue weighted by Crippen LogP contribution is -2.29. The largest absolute Gasteiger partial charge is 0.362 e. The summed E-state index contributed by atoms with van der Waals surface area (Å²) in [6.45, 7) is 2.75. The molecule has 130 valence electrons. The Labute approximate surface area is 152 Å². The van der Waals surface area contributed by atoms with Gasteiger partial charge in [0.15, 0.2) is 5.69 Å². The molecular weight excluding hydrogens is 324 g/mol. The number of carbonyl (C=O) groups excluding carboxylic acids is 1. The van der Waals surface area contributed by atoms with Gasteiger partial charge in [0.2, 0.25) is 0 Å². The number of rotatable bonds is 4. The fraction of sp³-hybridized carbons (Fsp3) is 0.190. The number of hydrogen-bond acceptors (Lipinski definition) is 4. The molecule has 0 radical (unpaired) electrons. The quantitative estimate of drug-likeness (QED) is 0.781. The van der Waals surface area contributed by atoms with Crippen LogP contribution in [-0.2, 0) is 6.42 Å². The van der Waals surface area contributed by atoms with Gasteiger partial charge in [0.1, 0.15) is 5.82 Å². The molecular formula is C21H20N4O. The second kappa shape index (κ2) is 6.96. The van der Waals surface area contributed by atoms with E-state index < -0.39 is 0 Å². The maximum Gasteiger partial charge on any atom is 0.278 e. The standard InChI is InChI=1S/C21H20N4O/c1-15(16-7-3-2-4-8-16)22-20-12-11-18(23-24-20)21(26)25-14-13-17-9-5-6-10-19(17)25/h2-12,15H,13-14H2,1H3,(H,22,24). The highest BCUT2D eigenvalue weighted by molar-refractivity contribution is 6.06. The molecule has 1 aromatic heterocycles. The van der Waals surface area contributed by atoms with Crippen LogP contribution in [0.5, 0.6) is 0 Å². The molecule has 5 heteroatoms. The van der Waals surface area contributed by atoms with E-state index in [1.807, 2.05) is 42.5 Å². The molecule has 3 aromatic rings. The summed E-state index contributed by atoms with van der Waals surface area (Å²) >= 11 is 0. The second-order valence-electron chi connectivity index (χ2n) is 6.42. The molecule has 1 N–H and O–H groups in total. The summed E-state index contributed by atoms with van der Waals surface area (Å²) < 4.78 is 0. The highest BCUT2D eigenvalue weighted by atomic mass is 16.2. The van der Waals surface area contributed by atoms with Gasteiger partial charge in [0.25, 0.3) is 5.91 Å². The molecule has 1 amide bonds. The van der Waals surface area contributed by atoms with Crippen LogP contribution in [0.1, 0.15) is 34.6 Å². The smallest absolute Gasteiger partial charge is 0.278 e. The van der Waals surface area contributed by atoms with Gasteiger partial charge in [-0.3, -0.25) is 4.79 Å². The molecule has 2 heterocycles. The van der Waals surface area contributed by atoms with Crippen molar-refractivity contribution in [3.63, 3.8) is 0 Å². The van der Waals surface area contributed by atoms with Crippen molar-refractivity contribution in [3.8, 4) is 0 Å². The minimum atomic E-state index is -0.106. The van der Waals surface area contributed by atoms with E-state index in [0.29, 0.717) is 18.1 Å². The summed E-state index contributed by atoms with van der Waals surface area (Å²) in [5.41, 5.74) is 3.70. The van der Waals surface area contributed by atoms with E-state index >= 15 is 0 Å². The van der Waals surface area contributed by atoms with Crippen LogP contribution in [-0.4, -0.2) is 22.6 Å². The maximum absolute atomic E-state index is 12.8. The Morgan fingerprint density at radius 3 is 2.54 bits per heavy atom. The van der Waals surface area contributed by atoms with Crippen molar-refractivity contribution < 1.29 is 4.79 Å². The Hall–Kier alpha value is -3.21. The predicted octanol–water partition coefficient (Wildman–Crippen LogP) is 3.85. The van der Waals surface area contributed by atoms with E-state index in [9.17, 15) is 4.79 Å². The Bertz CT molecular complexity index is 909. The molecule has 4 rings (SSSR count). The van der Waals surface area contributed by atoms with E-state index in [-0.39, 0.29) is 11.9 Å². The van der Waals surface area contributed by atoms with Gasteiger partial charge in [-0.1, -0.05) is 48.5 Å². The van der Waals surface area contributed by atoms with Crippen LogP contribution >= 0.6 is 0 Å². The Balaban J connectivity index is 1.47. The molecule has 1 aliphatic rings. The van der Waals surface area contributed by atoms with Crippen molar-refractivity contribution in [2.45, 2.75) is 19.4 Å². The van der Waals surface area contributed by atoms with E-state index in [2.05, 4.69) is 40.6 Å². The number of aromatic nitrogens is 2. The third kappa shape index (κ3) is 3.16. The summed E-state index contributed by atoms with van der Waals surface area (Å²) in [5.74, 6) is 0.546. The van der Waals surface area contributed by atoms with Crippen LogP contribution in [0.25, 0.3) is 0 Å². The van der Waals surface area contributed by atoms with Gasteiger partial charge in [0, 0.05) is 18.3 Å². The number of nitrogens with zero attached hydrogens (tertiary/aromatic N) is 3. The molecule has 0 fully saturated rings. The lowest BCUT2D eigenvalue weighted by atomic mass is 10.1. The zero-order valence-electron chi connectivity index (χ0n) is 14.6. The average Bonchev–Trinajstić information content (AvgIpc) is 3.13. The van der Waals surface area contributed by atoms with Gasteiger partial charge in [-0.15, -0.1) is 10.2 Å². The minimum absolute atomic E-state index is 0.106. The van der Waals surface area contributed by atoms with Crippen molar-refractivity contribution in [3.05, 3.63) is 83.6 Å². The van der Waals surface area contributed by atoms with Crippen LogP contribution in [0, 0.1) is 0 Å². The number of carbonyl (C=O) groups is 1. The van der Waals surface area contributed by atoms with Gasteiger partial charge in [-0.25, -0.2) is 0 Å². The van der Waals surface area contributed by atoms with Gasteiger partial charge in [0.05, 0.1) is 0 Å². The Kier molecular flexibility index (Phi) is 4.35. The topological polar surface area (TPSA) is 58.1 Å². The van der Waals surface area contributed by atoms with Crippen molar-refractivity contribution >= 4 is 17.4 Å². The highest BCUT2D eigenvalue weighted by Crippen LogP contribution is 2.28. The van der Waals surface area contributed by atoms with Crippen LogP contribution in [0.3, 0.4) is 0 Å². The number of anilines is 2. The first kappa shape index (κ1) is 16.3. The first-order chi connectivity index (χ1) is 12.7. The van der Waals surface area contributed by atoms with E-state index in [1.54, 1.807) is 11.0 Å². The van der Waals surface area contributed by atoms with E-state index in [1.165, 1.54) is 11.1 Å². The number of benzene rings is 2.